The second-order valence-corrected chi connectivity index (χ2v) is 3.49. The Morgan fingerprint density at radius 1 is 1.33 bits per heavy atom. The lowest BCUT2D eigenvalue weighted by atomic mass is 10.0. The van der Waals surface area contributed by atoms with Crippen LogP contribution in [0.4, 0.5) is 0 Å². The summed E-state index contributed by atoms with van der Waals surface area (Å²) >= 11 is 0. The molecule has 0 aromatic rings. The molecule has 15 heavy (non-hydrogen) atoms. The van der Waals surface area contributed by atoms with Crippen molar-refractivity contribution in [1.29, 1.82) is 0 Å². The summed E-state index contributed by atoms with van der Waals surface area (Å²) in [6.07, 6.45) is 0.262. The number of nitrogens with one attached hydrogen (secondary N) is 1. The van der Waals surface area contributed by atoms with Crippen molar-refractivity contribution in [3.05, 3.63) is 0 Å². The molecule has 0 unspecified atom stereocenters. The van der Waals surface area contributed by atoms with Crippen molar-refractivity contribution in [3.63, 3.8) is 0 Å². The number of methoxy groups -OCH3 is 1. The first-order valence-electron chi connectivity index (χ1n) is 4.50. The molecular weight excluding hydrogens is 202 g/mol. The fourth-order valence-corrected chi connectivity index (χ4v) is 1.00. The van der Waals surface area contributed by atoms with Crippen molar-refractivity contribution in [3.8, 4) is 0 Å². The third kappa shape index (κ3) is 4.99. The van der Waals surface area contributed by atoms with E-state index in [0.717, 1.165) is 7.11 Å². The number of aliphatic carboxylic acids is 1. The van der Waals surface area contributed by atoms with Crippen LogP contribution in [0, 0.1) is 5.92 Å². The van der Waals surface area contributed by atoms with E-state index in [1.807, 2.05) is 13.8 Å². The Kier molecular flexibility index (Phi) is 5.36. The first-order chi connectivity index (χ1) is 6.88. The molecule has 0 aromatic carbocycles. The second-order valence-electron chi connectivity index (χ2n) is 3.49. The number of carbonyl (C=O) groups excluding carboxylic acids is 2. The molecule has 0 saturated carbocycles. The van der Waals surface area contributed by atoms with Crippen LogP contribution in [0.3, 0.4) is 0 Å². The maximum Gasteiger partial charge on any atom is 0.396 e. The highest BCUT2D eigenvalue weighted by atomic mass is 16.5. The van der Waals surface area contributed by atoms with Crippen LogP contribution < -0.4 is 5.32 Å². The molecule has 0 fully saturated rings. The Morgan fingerprint density at radius 3 is 2.20 bits per heavy atom. The summed E-state index contributed by atoms with van der Waals surface area (Å²) < 4.78 is 4.15. The van der Waals surface area contributed by atoms with Gasteiger partial charge in [-0.25, -0.2) is 9.59 Å². The highest BCUT2D eigenvalue weighted by Gasteiger charge is 2.24. The smallest absolute Gasteiger partial charge is 0.396 e. The number of amides is 1. The largest absolute Gasteiger partial charge is 0.480 e. The average molecular weight is 217 g/mol. The van der Waals surface area contributed by atoms with Gasteiger partial charge in [0, 0.05) is 0 Å². The van der Waals surface area contributed by atoms with Crippen LogP contribution in [0.1, 0.15) is 20.3 Å². The molecule has 6 heteroatoms. The molecule has 0 aromatic heterocycles. The number of esters is 1. The van der Waals surface area contributed by atoms with E-state index in [9.17, 15) is 14.4 Å². The molecule has 0 heterocycles. The van der Waals surface area contributed by atoms with E-state index in [-0.39, 0.29) is 12.3 Å². The van der Waals surface area contributed by atoms with Gasteiger partial charge in [0.2, 0.25) is 0 Å². The van der Waals surface area contributed by atoms with Crippen LogP contribution in [0.2, 0.25) is 0 Å². The molecule has 0 aliphatic rings. The third-order valence-electron chi connectivity index (χ3n) is 1.68. The zero-order valence-corrected chi connectivity index (χ0v) is 8.94. The Morgan fingerprint density at radius 2 is 1.87 bits per heavy atom. The second kappa shape index (κ2) is 6.00. The van der Waals surface area contributed by atoms with Gasteiger partial charge in [0.05, 0.1) is 7.11 Å². The standard InChI is InChI=1S/C9H15NO5/c1-5(2)4-6(8(12)13)10-7(11)9(14)15-3/h5-6H,4H2,1-3H3,(H,10,11)(H,12,13)/t6-/m0/s1. The van der Waals surface area contributed by atoms with Gasteiger partial charge in [-0.2, -0.15) is 0 Å². The number of hydrogen-bond acceptors (Lipinski definition) is 4. The number of carbonyl (C=O) groups is 3. The molecule has 0 rings (SSSR count). The lowest BCUT2D eigenvalue weighted by Crippen LogP contribution is -2.44. The number of rotatable bonds is 4. The van der Waals surface area contributed by atoms with Crippen LogP contribution in [-0.4, -0.2) is 36.1 Å². The lowest BCUT2D eigenvalue weighted by molar-refractivity contribution is -0.154. The lowest BCUT2D eigenvalue weighted by Gasteiger charge is -2.15. The maximum atomic E-state index is 11.0. The van der Waals surface area contributed by atoms with E-state index < -0.39 is 23.9 Å². The summed E-state index contributed by atoms with van der Waals surface area (Å²) in [6, 6.07) is -1.06. The summed E-state index contributed by atoms with van der Waals surface area (Å²) in [5.41, 5.74) is 0. The van der Waals surface area contributed by atoms with Gasteiger partial charge in [-0.3, -0.25) is 4.79 Å². The molecule has 6 nitrogen and oxygen atoms in total. The fourth-order valence-electron chi connectivity index (χ4n) is 1.00. The Labute approximate surface area is 87.6 Å². The zero-order chi connectivity index (χ0) is 12.0. The van der Waals surface area contributed by atoms with Crippen LogP contribution in [0.25, 0.3) is 0 Å². The molecular formula is C9H15NO5. The van der Waals surface area contributed by atoms with Crippen molar-refractivity contribution in [1.82, 2.24) is 5.32 Å². The van der Waals surface area contributed by atoms with Gasteiger partial charge in [0.15, 0.2) is 0 Å². The molecule has 86 valence electrons. The SMILES string of the molecule is COC(=O)C(=O)N[C@@H](CC(C)C)C(=O)O. The summed E-state index contributed by atoms with van der Waals surface area (Å²) in [6.45, 7) is 3.64. The Hall–Kier alpha value is -1.59. The normalized spacial score (nSPS) is 12.0. The predicted molar refractivity (Wildman–Crippen MR) is 51.0 cm³/mol. The van der Waals surface area contributed by atoms with Gasteiger partial charge in [-0.15, -0.1) is 0 Å². The van der Waals surface area contributed by atoms with E-state index in [2.05, 4.69) is 10.1 Å². The summed E-state index contributed by atoms with van der Waals surface area (Å²) in [5, 5.41) is 10.8. The minimum atomic E-state index is -1.17. The van der Waals surface area contributed by atoms with E-state index in [4.69, 9.17) is 5.11 Å². The first-order valence-corrected chi connectivity index (χ1v) is 4.50. The van der Waals surface area contributed by atoms with E-state index in [1.165, 1.54) is 0 Å². The van der Waals surface area contributed by atoms with Crippen molar-refractivity contribution in [2.24, 2.45) is 5.92 Å². The number of hydrogen-bond donors (Lipinski definition) is 2. The number of carboxylic acid groups (broad SMARTS) is 1. The molecule has 0 aliphatic carbocycles. The quantitative estimate of drug-likeness (QED) is 0.501. The highest BCUT2D eigenvalue weighted by molar-refractivity contribution is 6.32. The number of carboxylic acids is 1. The van der Waals surface area contributed by atoms with Crippen LogP contribution in [0.5, 0.6) is 0 Å². The Bertz CT molecular complexity index is 261. The minimum absolute atomic E-state index is 0.101. The van der Waals surface area contributed by atoms with E-state index in [1.54, 1.807) is 0 Å². The summed E-state index contributed by atoms with van der Waals surface area (Å²) in [5.74, 6) is -3.19. The van der Waals surface area contributed by atoms with Crippen molar-refractivity contribution >= 4 is 17.8 Å². The van der Waals surface area contributed by atoms with Crippen LogP contribution >= 0.6 is 0 Å². The molecule has 0 bridgehead atoms. The molecule has 0 saturated heterocycles. The topological polar surface area (TPSA) is 92.7 Å². The van der Waals surface area contributed by atoms with Crippen molar-refractivity contribution in [2.75, 3.05) is 7.11 Å². The average Bonchev–Trinajstić information content (AvgIpc) is 2.14. The minimum Gasteiger partial charge on any atom is -0.480 e. The van der Waals surface area contributed by atoms with Gasteiger partial charge in [-0.1, -0.05) is 13.8 Å². The molecule has 0 aliphatic heterocycles. The summed E-state index contributed by atoms with van der Waals surface area (Å²) in [7, 11) is 1.06. The van der Waals surface area contributed by atoms with E-state index >= 15 is 0 Å². The monoisotopic (exact) mass is 217 g/mol. The van der Waals surface area contributed by atoms with Crippen LogP contribution in [-0.2, 0) is 19.1 Å². The van der Waals surface area contributed by atoms with Gasteiger partial charge in [0.1, 0.15) is 6.04 Å². The Balaban J connectivity index is 4.35. The van der Waals surface area contributed by atoms with Gasteiger partial charge < -0.3 is 15.2 Å². The maximum absolute atomic E-state index is 11.0. The van der Waals surface area contributed by atoms with Gasteiger partial charge in [-0.05, 0) is 12.3 Å². The van der Waals surface area contributed by atoms with Crippen LogP contribution in [0.15, 0.2) is 0 Å². The van der Waals surface area contributed by atoms with Crippen molar-refractivity contribution in [2.45, 2.75) is 26.3 Å². The molecule has 2 N–H and O–H groups in total. The van der Waals surface area contributed by atoms with Crippen molar-refractivity contribution < 1.29 is 24.2 Å². The highest BCUT2D eigenvalue weighted by Crippen LogP contribution is 2.04. The molecule has 0 spiro atoms. The first kappa shape index (κ1) is 13.4. The third-order valence-corrected chi connectivity index (χ3v) is 1.68. The number of ether oxygens (including phenoxy) is 1. The fraction of sp³-hybridized carbons (Fsp3) is 0.667. The predicted octanol–water partition coefficient (Wildman–Crippen LogP) is -0.225. The van der Waals surface area contributed by atoms with E-state index in [0.29, 0.717) is 0 Å². The molecule has 0 radical (unpaired) electrons. The zero-order valence-electron chi connectivity index (χ0n) is 8.94. The molecule has 1 amide bonds. The van der Waals surface area contributed by atoms with Gasteiger partial charge >= 0.3 is 17.8 Å². The molecule has 1 atom stereocenters. The van der Waals surface area contributed by atoms with Gasteiger partial charge in [0.25, 0.3) is 0 Å². The summed E-state index contributed by atoms with van der Waals surface area (Å²) in [4.78, 5) is 32.5.